The molecule has 2 aromatic carbocycles. The Kier molecular flexibility index (Phi) is 4.38. The monoisotopic (exact) mass is 345 g/mol. The fourth-order valence-corrected chi connectivity index (χ4v) is 2.75. The second kappa shape index (κ2) is 5.83. The molecule has 0 spiro atoms. The first-order valence-electron chi connectivity index (χ1n) is 5.18. The maximum Gasteiger partial charge on any atom is 0.157 e. The van der Waals surface area contributed by atoms with Gasteiger partial charge in [-0.3, -0.25) is 0 Å². The van der Waals surface area contributed by atoms with Crippen molar-refractivity contribution in [3.8, 4) is 5.75 Å². The molecule has 2 aromatic rings. The van der Waals surface area contributed by atoms with Crippen LogP contribution in [0.2, 0.25) is 10.0 Å². The molecular formula is C13H10BrCl2NO. The van der Waals surface area contributed by atoms with Crippen LogP contribution in [0.3, 0.4) is 0 Å². The van der Waals surface area contributed by atoms with E-state index in [1.807, 2.05) is 24.3 Å². The zero-order valence-corrected chi connectivity index (χ0v) is 12.4. The van der Waals surface area contributed by atoms with Crippen LogP contribution in [0, 0.1) is 0 Å². The molecule has 0 aliphatic carbocycles. The molecule has 2 N–H and O–H groups in total. The Morgan fingerprint density at radius 3 is 2.17 bits per heavy atom. The molecule has 2 nitrogen and oxygen atoms in total. The molecule has 0 bridgehead atoms. The molecule has 0 saturated carbocycles. The Morgan fingerprint density at radius 1 is 1.06 bits per heavy atom. The second-order valence-electron chi connectivity index (χ2n) is 3.73. The van der Waals surface area contributed by atoms with E-state index in [2.05, 4.69) is 15.9 Å². The fourth-order valence-electron chi connectivity index (χ4n) is 1.44. The van der Waals surface area contributed by atoms with Crippen molar-refractivity contribution in [2.75, 3.05) is 5.73 Å². The quantitative estimate of drug-likeness (QED) is 0.801. The molecular weight excluding hydrogens is 337 g/mol. The predicted octanol–water partition coefficient (Wildman–Crippen LogP) is 4.92. The van der Waals surface area contributed by atoms with Crippen LogP contribution < -0.4 is 10.5 Å². The van der Waals surface area contributed by atoms with Gasteiger partial charge in [-0.25, -0.2) is 0 Å². The lowest BCUT2D eigenvalue weighted by molar-refractivity contribution is 0.306. The van der Waals surface area contributed by atoms with E-state index in [0.29, 0.717) is 22.4 Å². The third kappa shape index (κ3) is 3.31. The normalized spacial score (nSPS) is 10.4. The summed E-state index contributed by atoms with van der Waals surface area (Å²) in [4.78, 5) is 0. The Bertz CT molecular complexity index is 534. The van der Waals surface area contributed by atoms with Crippen molar-refractivity contribution in [2.24, 2.45) is 0 Å². The number of nitrogens with two attached hydrogens (primary N) is 1. The molecule has 94 valence electrons. The van der Waals surface area contributed by atoms with E-state index in [1.165, 1.54) is 0 Å². The van der Waals surface area contributed by atoms with Crippen molar-refractivity contribution in [3.63, 3.8) is 0 Å². The first-order valence-corrected chi connectivity index (χ1v) is 6.73. The van der Waals surface area contributed by atoms with Gasteiger partial charge in [0.15, 0.2) is 5.75 Å². The molecule has 0 aliphatic rings. The zero-order chi connectivity index (χ0) is 13.1. The smallest absolute Gasteiger partial charge is 0.157 e. The number of ether oxygens (including phenoxy) is 1. The van der Waals surface area contributed by atoms with Gasteiger partial charge in [-0.05, 0) is 29.8 Å². The summed E-state index contributed by atoms with van der Waals surface area (Å²) in [6, 6.07) is 10.9. The van der Waals surface area contributed by atoms with Crippen molar-refractivity contribution in [3.05, 3.63) is 56.5 Å². The minimum atomic E-state index is 0.390. The van der Waals surface area contributed by atoms with Crippen LogP contribution in [0.5, 0.6) is 5.75 Å². The molecule has 0 radical (unpaired) electrons. The van der Waals surface area contributed by atoms with Crippen LogP contribution in [-0.4, -0.2) is 0 Å². The average molecular weight is 347 g/mol. The van der Waals surface area contributed by atoms with Gasteiger partial charge in [-0.1, -0.05) is 51.3 Å². The Labute approximate surface area is 124 Å². The maximum absolute atomic E-state index is 6.07. The largest absolute Gasteiger partial charge is 0.486 e. The van der Waals surface area contributed by atoms with E-state index in [1.54, 1.807) is 12.1 Å². The molecule has 0 aromatic heterocycles. The minimum absolute atomic E-state index is 0.390. The highest BCUT2D eigenvalue weighted by atomic mass is 79.9. The average Bonchev–Trinajstić information content (AvgIpc) is 2.30. The van der Waals surface area contributed by atoms with Crippen molar-refractivity contribution < 1.29 is 4.74 Å². The Hall–Kier alpha value is -0.900. The molecule has 0 unspecified atom stereocenters. The summed E-state index contributed by atoms with van der Waals surface area (Å²) in [5.74, 6) is 0.485. The van der Waals surface area contributed by atoms with Gasteiger partial charge in [-0.15, -0.1) is 0 Å². The van der Waals surface area contributed by atoms with E-state index in [0.717, 1.165) is 15.7 Å². The Balaban J connectivity index is 2.13. The van der Waals surface area contributed by atoms with E-state index in [-0.39, 0.29) is 0 Å². The number of hydrogen-bond acceptors (Lipinski definition) is 2. The summed E-state index contributed by atoms with van der Waals surface area (Å²) in [5.41, 5.74) is 7.33. The van der Waals surface area contributed by atoms with E-state index in [4.69, 9.17) is 33.7 Å². The van der Waals surface area contributed by atoms with Gasteiger partial charge in [-0.2, -0.15) is 0 Å². The van der Waals surface area contributed by atoms with Gasteiger partial charge in [0.05, 0.1) is 10.0 Å². The fraction of sp³-hybridized carbons (Fsp3) is 0.0769. The van der Waals surface area contributed by atoms with E-state index >= 15 is 0 Å². The third-order valence-corrected chi connectivity index (χ3v) is 3.35. The highest BCUT2D eigenvalue weighted by molar-refractivity contribution is 9.10. The molecule has 0 saturated heterocycles. The van der Waals surface area contributed by atoms with Gasteiger partial charge in [0, 0.05) is 10.2 Å². The highest BCUT2D eigenvalue weighted by Crippen LogP contribution is 2.36. The molecule has 2 rings (SSSR count). The topological polar surface area (TPSA) is 35.2 Å². The first kappa shape index (κ1) is 13.5. The van der Waals surface area contributed by atoms with E-state index in [9.17, 15) is 0 Å². The van der Waals surface area contributed by atoms with Crippen LogP contribution in [-0.2, 0) is 6.61 Å². The molecule has 0 atom stereocenters. The van der Waals surface area contributed by atoms with Crippen molar-refractivity contribution >= 4 is 44.8 Å². The summed E-state index contributed by atoms with van der Waals surface area (Å²) >= 11 is 15.4. The molecule has 0 aliphatic heterocycles. The van der Waals surface area contributed by atoms with Crippen LogP contribution >= 0.6 is 39.1 Å². The molecule has 0 fully saturated rings. The van der Waals surface area contributed by atoms with E-state index < -0.39 is 0 Å². The minimum Gasteiger partial charge on any atom is -0.486 e. The summed E-state index contributed by atoms with van der Waals surface area (Å²) in [5, 5.41) is 0.953. The summed E-state index contributed by atoms with van der Waals surface area (Å²) in [6.07, 6.45) is 0. The van der Waals surface area contributed by atoms with Gasteiger partial charge in [0.1, 0.15) is 6.61 Å². The van der Waals surface area contributed by atoms with Crippen LogP contribution in [0.1, 0.15) is 5.56 Å². The number of benzene rings is 2. The molecule has 5 heteroatoms. The van der Waals surface area contributed by atoms with Crippen molar-refractivity contribution in [2.45, 2.75) is 6.61 Å². The number of halogens is 3. The Morgan fingerprint density at radius 2 is 1.61 bits per heavy atom. The first-order chi connectivity index (χ1) is 8.56. The van der Waals surface area contributed by atoms with Crippen LogP contribution in [0.25, 0.3) is 0 Å². The predicted molar refractivity (Wildman–Crippen MR) is 79.3 cm³/mol. The highest BCUT2D eigenvalue weighted by Gasteiger charge is 2.09. The lowest BCUT2D eigenvalue weighted by atomic mass is 10.2. The number of hydrogen-bond donors (Lipinski definition) is 1. The zero-order valence-electron chi connectivity index (χ0n) is 9.29. The summed E-state index contributed by atoms with van der Waals surface area (Å²) in [7, 11) is 0. The summed E-state index contributed by atoms with van der Waals surface area (Å²) < 4.78 is 6.44. The van der Waals surface area contributed by atoms with Crippen molar-refractivity contribution in [1.82, 2.24) is 0 Å². The number of anilines is 1. The third-order valence-electron chi connectivity index (χ3n) is 2.33. The molecule has 0 amide bonds. The summed E-state index contributed by atoms with van der Waals surface area (Å²) in [6.45, 7) is 0.390. The maximum atomic E-state index is 6.07. The standard InChI is InChI=1S/C13H10BrCl2NO/c14-9-5-11(15)13(12(16)6-9)18-7-8-1-3-10(17)4-2-8/h1-6H,7,17H2. The molecule has 18 heavy (non-hydrogen) atoms. The second-order valence-corrected chi connectivity index (χ2v) is 5.46. The van der Waals surface area contributed by atoms with Gasteiger partial charge < -0.3 is 10.5 Å². The lowest BCUT2D eigenvalue weighted by Crippen LogP contribution is -1.97. The number of rotatable bonds is 3. The van der Waals surface area contributed by atoms with Crippen LogP contribution in [0.4, 0.5) is 5.69 Å². The van der Waals surface area contributed by atoms with Crippen molar-refractivity contribution in [1.29, 1.82) is 0 Å². The SMILES string of the molecule is Nc1ccc(COc2c(Cl)cc(Br)cc2Cl)cc1. The van der Waals surface area contributed by atoms with Gasteiger partial charge in [0.25, 0.3) is 0 Å². The lowest BCUT2D eigenvalue weighted by Gasteiger charge is -2.10. The van der Waals surface area contributed by atoms with Gasteiger partial charge >= 0.3 is 0 Å². The van der Waals surface area contributed by atoms with Gasteiger partial charge in [0.2, 0.25) is 0 Å². The van der Waals surface area contributed by atoms with Crippen LogP contribution in [0.15, 0.2) is 40.9 Å². The molecule has 0 heterocycles. The number of nitrogen functional groups attached to an aromatic ring is 1.